The van der Waals surface area contributed by atoms with Crippen LogP contribution in [-0.4, -0.2) is 36.9 Å². The van der Waals surface area contributed by atoms with Gasteiger partial charge in [0, 0.05) is 24.1 Å². The molecule has 35 heavy (non-hydrogen) atoms. The van der Waals surface area contributed by atoms with Crippen molar-refractivity contribution < 1.29 is 28.6 Å². The highest BCUT2D eigenvalue weighted by Crippen LogP contribution is 2.27. The van der Waals surface area contributed by atoms with Crippen LogP contribution in [0.2, 0.25) is 0 Å². The maximum absolute atomic E-state index is 12.9. The number of aliphatic imine (C=N–C) groups is 1. The van der Waals surface area contributed by atoms with Crippen LogP contribution in [0.1, 0.15) is 80.5 Å². The van der Waals surface area contributed by atoms with Gasteiger partial charge in [-0.2, -0.15) is 4.99 Å². The Kier molecular flexibility index (Phi) is 11.2. The molecule has 0 saturated heterocycles. The molecule has 8 heteroatoms. The third-order valence-corrected chi connectivity index (χ3v) is 5.73. The number of methoxy groups -OCH3 is 1. The van der Waals surface area contributed by atoms with Gasteiger partial charge in [0.15, 0.2) is 5.78 Å². The number of benzene rings is 1. The van der Waals surface area contributed by atoms with Gasteiger partial charge < -0.3 is 19.0 Å². The molecule has 2 rings (SSSR count). The van der Waals surface area contributed by atoms with Crippen molar-refractivity contribution in [3.05, 3.63) is 57.6 Å². The molecule has 2 unspecified atom stereocenters. The Labute approximate surface area is 206 Å². The Bertz CT molecular complexity index is 1060. The van der Waals surface area contributed by atoms with Gasteiger partial charge in [-0.3, -0.25) is 4.79 Å². The normalized spacial score (nSPS) is 12.9. The number of Topliss-reactive ketones (excluding diaryl/α,β-unsaturated/α-hetero) is 1. The van der Waals surface area contributed by atoms with Crippen molar-refractivity contribution in [3.8, 4) is 11.5 Å². The Hall–Kier alpha value is -3.42. The van der Waals surface area contributed by atoms with Crippen molar-refractivity contribution >= 4 is 18.1 Å². The monoisotopic (exact) mass is 485 g/mol. The lowest BCUT2D eigenvalue weighted by molar-refractivity contribution is 0.0916. The number of nitrogens with zero attached hydrogens (tertiary/aromatic N) is 1. The molecule has 0 saturated carbocycles. The molecule has 0 aliphatic rings. The number of unbranched alkanes of at least 4 members (excludes halogenated alkanes) is 1. The molecule has 0 aliphatic heterocycles. The van der Waals surface area contributed by atoms with Gasteiger partial charge in [0.25, 0.3) is 0 Å². The molecule has 8 nitrogen and oxygen atoms in total. The van der Waals surface area contributed by atoms with Crippen LogP contribution in [0.15, 0.2) is 44.5 Å². The second-order valence-corrected chi connectivity index (χ2v) is 8.61. The number of carbonyl (C=O) groups is 2. The summed E-state index contributed by atoms with van der Waals surface area (Å²) in [5.41, 5.74) is -0.0686. The van der Waals surface area contributed by atoms with Crippen LogP contribution in [0, 0.1) is 5.92 Å². The van der Waals surface area contributed by atoms with Crippen LogP contribution in [-0.2, 0) is 11.2 Å². The van der Waals surface area contributed by atoms with Gasteiger partial charge in [-0.15, -0.1) is 0 Å². The molecule has 2 atom stereocenters. The molecule has 190 valence electrons. The first kappa shape index (κ1) is 27.8. The zero-order chi connectivity index (χ0) is 25.8. The maximum atomic E-state index is 12.9. The fourth-order valence-electron chi connectivity index (χ4n) is 3.55. The summed E-state index contributed by atoms with van der Waals surface area (Å²) in [5.74, 6) is -0.289. The number of rotatable bonds is 13. The molecule has 0 spiro atoms. The van der Waals surface area contributed by atoms with Gasteiger partial charge in [0.05, 0.1) is 13.7 Å². The Morgan fingerprint density at radius 1 is 1.17 bits per heavy atom. The van der Waals surface area contributed by atoms with Crippen molar-refractivity contribution in [1.82, 2.24) is 0 Å². The molecule has 0 fully saturated rings. The highest BCUT2D eigenvalue weighted by molar-refractivity contribution is 5.99. The van der Waals surface area contributed by atoms with E-state index in [1.54, 1.807) is 6.92 Å². The Morgan fingerprint density at radius 3 is 2.51 bits per heavy atom. The summed E-state index contributed by atoms with van der Waals surface area (Å²) in [4.78, 5) is 40.0. The van der Waals surface area contributed by atoms with E-state index >= 15 is 0 Å². The first-order valence-electron chi connectivity index (χ1n) is 12.0. The predicted molar refractivity (Wildman–Crippen MR) is 134 cm³/mol. The number of hydrogen-bond acceptors (Lipinski definition) is 7. The molecule has 0 radical (unpaired) electrons. The lowest BCUT2D eigenvalue weighted by atomic mass is 9.93. The molecule has 1 heterocycles. The van der Waals surface area contributed by atoms with E-state index in [2.05, 4.69) is 9.73 Å². The number of aromatic hydroxyl groups is 1. The molecule has 1 amide bonds. The standard InChI is InChI=1S/C27H35NO7/c1-5-16-34-21-13-11-20(12-14-21)10-9-19(3)25(30)24-22(29)17-23(35-26(24)31)18(2)8-6-7-15-28-27(32)33-4/h11-15,17-19,29H,5-10,16H2,1-4H3. The van der Waals surface area contributed by atoms with Gasteiger partial charge in [-0.1, -0.05) is 32.9 Å². The van der Waals surface area contributed by atoms with Crippen LogP contribution in [0.3, 0.4) is 0 Å². The topological polar surface area (TPSA) is 115 Å². The summed E-state index contributed by atoms with van der Waals surface area (Å²) in [6.45, 7) is 6.32. The minimum absolute atomic E-state index is 0.161. The number of hydrogen-bond donors (Lipinski definition) is 1. The van der Waals surface area contributed by atoms with Crippen molar-refractivity contribution in [1.29, 1.82) is 0 Å². The van der Waals surface area contributed by atoms with E-state index in [0.717, 1.165) is 17.7 Å². The number of carbonyl (C=O) groups excluding carboxylic acids is 2. The van der Waals surface area contributed by atoms with Gasteiger partial charge in [-0.05, 0) is 56.2 Å². The molecule has 1 aromatic carbocycles. The quantitative estimate of drug-likeness (QED) is 0.220. The Morgan fingerprint density at radius 2 is 1.89 bits per heavy atom. The summed E-state index contributed by atoms with van der Waals surface area (Å²) >= 11 is 0. The van der Waals surface area contributed by atoms with E-state index in [0.29, 0.717) is 44.5 Å². The SMILES string of the molecule is CCCOc1ccc(CCC(C)C(=O)c2c(O)cc(C(C)CCCC=NC(=O)OC)oc2=O)cc1. The van der Waals surface area contributed by atoms with E-state index in [9.17, 15) is 19.5 Å². The van der Waals surface area contributed by atoms with Gasteiger partial charge >= 0.3 is 11.7 Å². The van der Waals surface area contributed by atoms with E-state index in [4.69, 9.17) is 9.15 Å². The smallest absolute Gasteiger partial charge is 0.432 e. The van der Waals surface area contributed by atoms with E-state index in [1.807, 2.05) is 38.1 Å². The fourth-order valence-corrected chi connectivity index (χ4v) is 3.55. The van der Waals surface area contributed by atoms with Crippen molar-refractivity contribution in [2.75, 3.05) is 13.7 Å². The number of amides is 1. The minimum Gasteiger partial charge on any atom is -0.507 e. The van der Waals surface area contributed by atoms with Crippen LogP contribution >= 0.6 is 0 Å². The summed E-state index contributed by atoms with van der Waals surface area (Å²) in [5, 5.41) is 10.5. The highest BCUT2D eigenvalue weighted by Gasteiger charge is 2.25. The van der Waals surface area contributed by atoms with Crippen molar-refractivity contribution in [2.45, 2.75) is 65.2 Å². The van der Waals surface area contributed by atoms with Crippen molar-refractivity contribution in [3.63, 3.8) is 0 Å². The average Bonchev–Trinajstić information content (AvgIpc) is 2.85. The van der Waals surface area contributed by atoms with E-state index in [-0.39, 0.29) is 17.2 Å². The van der Waals surface area contributed by atoms with Crippen LogP contribution < -0.4 is 10.4 Å². The van der Waals surface area contributed by atoms with Gasteiger partial charge in [-0.25, -0.2) is 9.59 Å². The summed E-state index contributed by atoms with van der Waals surface area (Å²) in [6.07, 6.45) is 4.83. The molecule has 0 aliphatic carbocycles. The second kappa shape index (κ2) is 14.1. The fraction of sp³-hybridized carbons (Fsp3) is 0.481. The third-order valence-electron chi connectivity index (χ3n) is 5.73. The lowest BCUT2D eigenvalue weighted by Crippen LogP contribution is -2.21. The molecule has 0 bridgehead atoms. The Balaban J connectivity index is 1.95. The molecule has 1 N–H and O–H groups in total. The second-order valence-electron chi connectivity index (χ2n) is 8.61. The summed E-state index contributed by atoms with van der Waals surface area (Å²) in [6, 6.07) is 9.09. The zero-order valence-corrected chi connectivity index (χ0v) is 20.9. The summed E-state index contributed by atoms with van der Waals surface area (Å²) < 4.78 is 15.4. The molecule has 2 aromatic rings. The average molecular weight is 486 g/mol. The van der Waals surface area contributed by atoms with Crippen molar-refractivity contribution in [2.24, 2.45) is 10.9 Å². The predicted octanol–water partition coefficient (Wildman–Crippen LogP) is 5.70. The molecule has 1 aromatic heterocycles. The molecular formula is C27H35NO7. The minimum atomic E-state index is -0.826. The molecular weight excluding hydrogens is 450 g/mol. The zero-order valence-electron chi connectivity index (χ0n) is 20.9. The first-order chi connectivity index (χ1) is 16.8. The lowest BCUT2D eigenvalue weighted by Gasteiger charge is -2.14. The van der Waals surface area contributed by atoms with Gasteiger partial charge in [0.2, 0.25) is 0 Å². The van der Waals surface area contributed by atoms with Crippen LogP contribution in [0.5, 0.6) is 11.5 Å². The maximum Gasteiger partial charge on any atom is 0.432 e. The number of ketones is 1. The number of aryl methyl sites for hydroxylation is 1. The highest BCUT2D eigenvalue weighted by atomic mass is 16.5. The number of ether oxygens (including phenoxy) is 2. The van der Waals surface area contributed by atoms with E-state index in [1.165, 1.54) is 19.4 Å². The first-order valence-corrected chi connectivity index (χ1v) is 12.0. The summed E-state index contributed by atoms with van der Waals surface area (Å²) in [7, 11) is 1.26. The van der Waals surface area contributed by atoms with Gasteiger partial charge in [0.1, 0.15) is 22.8 Å². The van der Waals surface area contributed by atoms with Crippen LogP contribution in [0.4, 0.5) is 4.79 Å². The largest absolute Gasteiger partial charge is 0.507 e. The third kappa shape index (κ3) is 8.70. The van der Waals surface area contributed by atoms with Crippen LogP contribution in [0.25, 0.3) is 0 Å². The van der Waals surface area contributed by atoms with E-state index < -0.39 is 23.4 Å².